The third-order valence-corrected chi connectivity index (χ3v) is 4.47. The van der Waals surface area contributed by atoms with Gasteiger partial charge in [-0.15, -0.1) is 0 Å². The number of rotatable bonds is 5. The number of nitrogens with one attached hydrogen (secondary N) is 1. The van der Waals surface area contributed by atoms with E-state index in [0.717, 1.165) is 38.0 Å². The number of carbonyl (C=O) groups is 1. The number of hydrogen-bond donors (Lipinski definition) is 2. The van der Waals surface area contributed by atoms with Gasteiger partial charge in [0.25, 0.3) is 0 Å². The molecule has 0 aliphatic heterocycles. The van der Waals surface area contributed by atoms with Gasteiger partial charge in [-0.25, -0.2) is 0 Å². The van der Waals surface area contributed by atoms with Crippen molar-refractivity contribution < 1.29 is 9.90 Å². The van der Waals surface area contributed by atoms with Gasteiger partial charge >= 0.3 is 0 Å². The lowest BCUT2D eigenvalue weighted by Crippen LogP contribution is -2.38. The van der Waals surface area contributed by atoms with Crippen LogP contribution in [0.2, 0.25) is 0 Å². The molecule has 2 fully saturated rings. The number of carbonyl (C=O) groups excluding carboxylic acids is 1. The molecule has 0 aromatic carbocycles. The van der Waals surface area contributed by atoms with Crippen LogP contribution in [0.1, 0.15) is 57.8 Å². The summed E-state index contributed by atoms with van der Waals surface area (Å²) >= 11 is 0. The van der Waals surface area contributed by atoms with Crippen molar-refractivity contribution >= 4 is 5.91 Å². The molecular formula is C14H25NO2. The molecule has 3 heteroatoms. The Morgan fingerprint density at radius 1 is 1.06 bits per heavy atom. The fraction of sp³-hybridized carbons (Fsp3) is 0.929. The first-order chi connectivity index (χ1) is 8.28. The molecule has 0 spiro atoms. The molecule has 0 heterocycles. The number of aliphatic hydroxyl groups excluding tert-OH is 1. The van der Waals surface area contributed by atoms with Gasteiger partial charge < -0.3 is 10.4 Å². The second-order valence-corrected chi connectivity index (χ2v) is 5.80. The van der Waals surface area contributed by atoms with E-state index in [-0.39, 0.29) is 5.91 Å². The third-order valence-electron chi connectivity index (χ3n) is 4.47. The molecule has 0 unspecified atom stereocenters. The van der Waals surface area contributed by atoms with Gasteiger partial charge in [0.15, 0.2) is 0 Å². The van der Waals surface area contributed by atoms with E-state index in [1.165, 1.54) is 19.3 Å². The first-order valence-electron chi connectivity index (χ1n) is 7.18. The molecule has 3 nitrogen and oxygen atoms in total. The van der Waals surface area contributed by atoms with E-state index < -0.39 is 0 Å². The molecule has 2 rings (SSSR count). The second kappa shape index (κ2) is 6.39. The number of hydrogen-bond acceptors (Lipinski definition) is 2. The summed E-state index contributed by atoms with van der Waals surface area (Å²) in [5.41, 5.74) is 0. The van der Waals surface area contributed by atoms with Gasteiger partial charge in [0, 0.05) is 19.1 Å². The van der Waals surface area contributed by atoms with Crippen LogP contribution in [0.3, 0.4) is 0 Å². The van der Waals surface area contributed by atoms with Crippen molar-refractivity contribution in [3.8, 4) is 0 Å². The van der Waals surface area contributed by atoms with Crippen molar-refractivity contribution in [3.05, 3.63) is 0 Å². The molecule has 2 N–H and O–H groups in total. The quantitative estimate of drug-likeness (QED) is 0.773. The monoisotopic (exact) mass is 239 g/mol. The zero-order valence-corrected chi connectivity index (χ0v) is 10.7. The molecule has 17 heavy (non-hydrogen) atoms. The lowest BCUT2D eigenvalue weighted by molar-refractivity contribution is -0.122. The molecular weight excluding hydrogens is 214 g/mol. The van der Waals surface area contributed by atoms with E-state index in [1.54, 1.807) is 0 Å². The Labute approximate surface area is 104 Å². The summed E-state index contributed by atoms with van der Waals surface area (Å²) in [4.78, 5) is 11.7. The molecule has 1 amide bonds. The second-order valence-electron chi connectivity index (χ2n) is 5.80. The number of amides is 1. The fourth-order valence-electron chi connectivity index (χ4n) is 2.91. The molecule has 0 atom stereocenters. The number of aliphatic hydroxyl groups is 1. The van der Waals surface area contributed by atoms with Gasteiger partial charge in [-0.05, 0) is 43.9 Å². The van der Waals surface area contributed by atoms with Crippen molar-refractivity contribution in [1.82, 2.24) is 5.32 Å². The van der Waals surface area contributed by atoms with Crippen LogP contribution in [-0.4, -0.2) is 23.7 Å². The van der Waals surface area contributed by atoms with E-state index in [1.807, 2.05) is 0 Å². The highest BCUT2D eigenvalue weighted by molar-refractivity contribution is 5.76. The molecule has 2 aliphatic rings. The Morgan fingerprint density at radius 3 is 2.29 bits per heavy atom. The first-order valence-corrected chi connectivity index (χ1v) is 7.18. The van der Waals surface area contributed by atoms with E-state index in [2.05, 4.69) is 5.32 Å². The van der Waals surface area contributed by atoms with Crippen molar-refractivity contribution in [2.45, 2.75) is 63.8 Å². The maximum absolute atomic E-state index is 11.7. The lowest BCUT2D eigenvalue weighted by atomic mass is 9.82. The molecule has 0 aromatic heterocycles. The molecule has 0 aromatic rings. The predicted molar refractivity (Wildman–Crippen MR) is 67.5 cm³/mol. The van der Waals surface area contributed by atoms with Gasteiger partial charge in [0.05, 0.1) is 0 Å². The Hall–Kier alpha value is -0.570. The molecule has 0 radical (unpaired) electrons. The third kappa shape index (κ3) is 3.98. The molecule has 0 bridgehead atoms. The minimum Gasteiger partial charge on any atom is -0.396 e. The Balaban J connectivity index is 1.58. The molecule has 2 saturated carbocycles. The van der Waals surface area contributed by atoms with Crippen LogP contribution in [0.15, 0.2) is 0 Å². The maximum atomic E-state index is 11.7. The van der Waals surface area contributed by atoms with Gasteiger partial charge in [0.1, 0.15) is 0 Å². The predicted octanol–water partition coefficient (Wildman–Crippen LogP) is 2.23. The topological polar surface area (TPSA) is 49.3 Å². The van der Waals surface area contributed by atoms with Crippen LogP contribution in [0.4, 0.5) is 0 Å². The largest absolute Gasteiger partial charge is 0.396 e. The average molecular weight is 239 g/mol. The first kappa shape index (κ1) is 12.9. The lowest BCUT2D eigenvalue weighted by Gasteiger charge is -2.29. The van der Waals surface area contributed by atoms with Crippen LogP contribution in [-0.2, 0) is 4.79 Å². The van der Waals surface area contributed by atoms with Crippen LogP contribution < -0.4 is 5.32 Å². The van der Waals surface area contributed by atoms with Crippen molar-refractivity contribution in [3.63, 3.8) is 0 Å². The SMILES string of the molecule is O=C(CCC1CCC1)NC1CCC(CO)CC1. The highest BCUT2D eigenvalue weighted by atomic mass is 16.3. The van der Waals surface area contributed by atoms with Gasteiger partial charge in [-0.2, -0.15) is 0 Å². The minimum atomic E-state index is 0.240. The summed E-state index contributed by atoms with van der Waals surface area (Å²) < 4.78 is 0. The van der Waals surface area contributed by atoms with Crippen molar-refractivity contribution in [1.29, 1.82) is 0 Å². The maximum Gasteiger partial charge on any atom is 0.220 e. The van der Waals surface area contributed by atoms with Crippen molar-refractivity contribution in [2.75, 3.05) is 6.61 Å². The van der Waals surface area contributed by atoms with Gasteiger partial charge in [0.2, 0.25) is 5.91 Å². The molecule has 2 aliphatic carbocycles. The minimum absolute atomic E-state index is 0.240. The summed E-state index contributed by atoms with van der Waals surface area (Å²) in [6, 6.07) is 0.367. The van der Waals surface area contributed by atoms with Gasteiger partial charge in [-0.3, -0.25) is 4.79 Å². The highest BCUT2D eigenvalue weighted by Crippen LogP contribution is 2.30. The smallest absolute Gasteiger partial charge is 0.220 e. The zero-order valence-electron chi connectivity index (χ0n) is 10.7. The van der Waals surface area contributed by atoms with Crippen LogP contribution >= 0.6 is 0 Å². The van der Waals surface area contributed by atoms with Crippen LogP contribution in [0.5, 0.6) is 0 Å². The van der Waals surface area contributed by atoms with E-state index in [0.29, 0.717) is 25.0 Å². The Bertz CT molecular complexity index is 243. The summed E-state index contributed by atoms with van der Waals surface area (Å²) in [5, 5.41) is 12.2. The van der Waals surface area contributed by atoms with Crippen molar-refractivity contribution in [2.24, 2.45) is 11.8 Å². The highest BCUT2D eigenvalue weighted by Gasteiger charge is 2.23. The summed E-state index contributed by atoms with van der Waals surface area (Å²) in [7, 11) is 0. The summed E-state index contributed by atoms with van der Waals surface area (Å²) in [6.07, 6.45) is 10.0. The normalized spacial score (nSPS) is 29.7. The zero-order chi connectivity index (χ0) is 12.1. The fourth-order valence-corrected chi connectivity index (χ4v) is 2.91. The molecule has 98 valence electrons. The summed E-state index contributed by atoms with van der Waals surface area (Å²) in [5.74, 6) is 1.54. The van der Waals surface area contributed by atoms with E-state index >= 15 is 0 Å². The standard InChI is InChI=1S/C14H25NO2/c16-10-12-4-7-13(8-5-12)15-14(17)9-6-11-2-1-3-11/h11-13,16H,1-10H2,(H,15,17). The van der Waals surface area contributed by atoms with Gasteiger partial charge in [-0.1, -0.05) is 19.3 Å². The van der Waals surface area contributed by atoms with E-state index in [4.69, 9.17) is 5.11 Å². The van der Waals surface area contributed by atoms with E-state index in [9.17, 15) is 4.79 Å². The average Bonchev–Trinajstić information content (AvgIpc) is 2.28. The van der Waals surface area contributed by atoms with Crippen LogP contribution in [0, 0.1) is 11.8 Å². The Kier molecular flexibility index (Phi) is 4.84. The van der Waals surface area contributed by atoms with Crippen LogP contribution in [0.25, 0.3) is 0 Å². The Morgan fingerprint density at radius 2 is 1.76 bits per heavy atom. The summed E-state index contributed by atoms with van der Waals surface area (Å²) in [6.45, 7) is 0.308. The molecule has 0 saturated heterocycles.